The largest absolute Gasteiger partial charge is 0.497 e. The third kappa shape index (κ3) is 2.08. The van der Waals surface area contributed by atoms with Crippen LogP contribution in [0.5, 0.6) is 5.75 Å². The summed E-state index contributed by atoms with van der Waals surface area (Å²) in [6.07, 6.45) is 4.42. The Balaban J connectivity index is 1.76. The van der Waals surface area contributed by atoms with Crippen LogP contribution < -0.4 is 10.3 Å². The fourth-order valence-corrected chi connectivity index (χ4v) is 4.85. The van der Waals surface area contributed by atoms with Gasteiger partial charge in [-0.05, 0) is 56.1 Å². The molecule has 0 saturated carbocycles. The fraction of sp³-hybridized carbons (Fsp3) is 0.450. The molecule has 0 radical (unpaired) electrons. The zero-order valence-corrected chi connectivity index (χ0v) is 14.7. The summed E-state index contributed by atoms with van der Waals surface area (Å²) in [6, 6.07) is 8.38. The van der Waals surface area contributed by atoms with E-state index < -0.39 is 0 Å². The van der Waals surface area contributed by atoms with Gasteiger partial charge in [0.1, 0.15) is 5.75 Å². The predicted molar refractivity (Wildman–Crippen MR) is 99.4 cm³/mol. The molecule has 0 aliphatic carbocycles. The quantitative estimate of drug-likeness (QED) is 0.722. The highest BCUT2D eigenvalue weighted by atomic mass is 16.5. The van der Waals surface area contributed by atoms with Crippen molar-refractivity contribution in [2.75, 3.05) is 26.7 Å². The summed E-state index contributed by atoms with van der Waals surface area (Å²) in [5.41, 5.74) is 2.19. The van der Waals surface area contributed by atoms with Gasteiger partial charge < -0.3 is 18.8 Å². The summed E-state index contributed by atoms with van der Waals surface area (Å²) in [5.74, 6) is 1.42. The molecule has 1 atom stereocenters. The van der Waals surface area contributed by atoms with E-state index in [1.54, 1.807) is 7.11 Å². The van der Waals surface area contributed by atoms with Crippen molar-refractivity contribution in [3.63, 3.8) is 0 Å². The van der Waals surface area contributed by atoms with Crippen molar-refractivity contribution in [2.24, 2.45) is 13.0 Å². The van der Waals surface area contributed by atoms with Gasteiger partial charge in [-0.15, -0.1) is 0 Å². The molecule has 130 valence electrons. The Morgan fingerprint density at radius 2 is 1.92 bits per heavy atom. The Morgan fingerprint density at radius 3 is 2.60 bits per heavy atom. The Labute approximate surface area is 146 Å². The molecule has 0 N–H and O–H groups in total. The van der Waals surface area contributed by atoms with E-state index in [0.717, 1.165) is 34.1 Å². The Morgan fingerprint density at radius 1 is 1.12 bits per heavy atom. The van der Waals surface area contributed by atoms with Crippen LogP contribution in [0, 0.1) is 5.92 Å². The van der Waals surface area contributed by atoms with Crippen LogP contribution in [0.3, 0.4) is 0 Å². The van der Waals surface area contributed by atoms with Crippen molar-refractivity contribution in [1.29, 1.82) is 0 Å². The van der Waals surface area contributed by atoms with Gasteiger partial charge in [-0.1, -0.05) is 0 Å². The van der Waals surface area contributed by atoms with Gasteiger partial charge in [0.15, 0.2) is 0 Å². The molecular weight excluding hydrogens is 314 g/mol. The molecule has 2 bridgehead atoms. The van der Waals surface area contributed by atoms with Gasteiger partial charge in [-0.3, -0.25) is 4.79 Å². The lowest BCUT2D eigenvalue weighted by Gasteiger charge is -2.45. The molecule has 5 heteroatoms. The molecule has 0 spiro atoms. The van der Waals surface area contributed by atoms with Crippen LogP contribution in [0.25, 0.3) is 21.8 Å². The van der Waals surface area contributed by atoms with E-state index >= 15 is 0 Å². The number of benzene rings is 1. The second-order valence-corrected chi connectivity index (χ2v) is 7.44. The Hall–Kier alpha value is -2.27. The number of piperidine rings is 3. The van der Waals surface area contributed by atoms with Crippen molar-refractivity contribution >= 4 is 21.8 Å². The SMILES string of the molecule is COc1ccc2c(c1)c1c(=O)n(C3CN4CCC3CC4)ccc1n2C. The topological polar surface area (TPSA) is 39.4 Å². The first-order valence-electron chi connectivity index (χ1n) is 9.07. The van der Waals surface area contributed by atoms with Crippen LogP contribution in [-0.4, -0.2) is 40.8 Å². The maximum atomic E-state index is 13.4. The van der Waals surface area contributed by atoms with E-state index in [2.05, 4.69) is 15.5 Å². The van der Waals surface area contributed by atoms with Crippen LogP contribution in [-0.2, 0) is 7.05 Å². The monoisotopic (exact) mass is 337 g/mol. The minimum atomic E-state index is 0.134. The molecule has 3 aliphatic rings. The van der Waals surface area contributed by atoms with E-state index in [1.165, 1.54) is 25.9 Å². The molecule has 3 saturated heterocycles. The second-order valence-electron chi connectivity index (χ2n) is 7.44. The molecule has 3 fully saturated rings. The summed E-state index contributed by atoms with van der Waals surface area (Å²) in [5, 5.41) is 1.80. The van der Waals surface area contributed by atoms with Crippen molar-refractivity contribution in [3.05, 3.63) is 40.8 Å². The van der Waals surface area contributed by atoms with Gasteiger partial charge in [-0.2, -0.15) is 0 Å². The molecule has 1 unspecified atom stereocenters. The molecule has 3 aromatic rings. The summed E-state index contributed by atoms with van der Waals surface area (Å²) in [6.45, 7) is 3.37. The molecule has 1 aromatic carbocycles. The van der Waals surface area contributed by atoms with Crippen molar-refractivity contribution in [1.82, 2.24) is 14.0 Å². The highest BCUT2D eigenvalue weighted by Crippen LogP contribution is 2.36. The average molecular weight is 337 g/mol. The first-order chi connectivity index (χ1) is 12.2. The van der Waals surface area contributed by atoms with Gasteiger partial charge in [0.2, 0.25) is 0 Å². The zero-order valence-electron chi connectivity index (χ0n) is 14.7. The first-order valence-corrected chi connectivity index (χ1v) is 9.07. The molecule has 25 heavy (non-hydrogen) atoms. The minimum absolute atomic E-state index is 0.134. The lowest BCUT2D eigenvalue weighted by atomic mass is 9.84. The third-order valence-corrected chi connectivity index (χ3v) is 6.27. The molecule has 6 rings (SSSR count). The van der Waals surface area contributed by atoms with E-state index in [-0.39, 0.29) is 5.56 Å². The number of aryl methyl sites for hydroxylation is 1. The van der Waals surface area contributed by atoms with Crippen LogP contribution in [0.15, 0.2) is 35.3 Å². The highest BCUT2D eigenvalue weighted by molar-refractivity contribution is 6.08. The number of hydrogen-bond donors (Lipinski definition) is 0. The fourth-order valence-electron chi connectivity index (χ4n) is 4.85. The van der Waals surface area contributed by atoms with Gasteiger partial charge in [0, 0.05) is 30.7 Å². The number of pyridine rings is 1. The molecule has 3 aliphatic heterocycles. The summed E-state index contributed by atoms with van der Waals surface area (Å²) in [7, 11) is 3.69. The standard InChI is InChI=1S/C20H23N3O2/c1-21-16-4-3-14(25-2)11-15(16)19-17(21)7-10-23(20(19)24)18-12-22-8-5-13(18)6-9-22/h3-4,7,10-11,13,18H,5-6,8-9,12H2,1-2H3. The summed E-state index contributed by atoms with van der Waals surface area (Å²) in [4.78, 5) is 15.9. The molecule has 2 aromatic heterocycles. The van der Waals surface area contributed by atoms with Gasteiger partial charge in [0.05, 0.1) is 24.1 Å². The zero-order chi connectivity index (χ0) is 17.1. The molecule has 5 heterocycles. The molecule has 5 nitrogen and oxygen atoms in total. The molecular formula is C20H23N3O2. The van der Waals surface area contributed by atoms with Gasteiger partial charge in [0.25, 0.3) is 5.56 Å². The summed E-state index contributed by atoms with van der Waals surface area (Å²) < 4.78 is 9.48. The molecule has 0 amide bonds. The van der Waals surface area contributed by atoms with Crippen LogP contribution in [0.4, 0.5) is 0 Å². The predicted octanol–water partition coefficient (Wildman–Crippen LogP) is 2.77. The van der Waals surface area contributed by atoms with Crippen molar-refractivity contribution in [2.45, 2.75) is 18.9 Å². The first kappa shape index (κ1) is 15.0. The van der Waals surface area contributed by atoms with E-state index in [0.29, 0.717) is 12.0 Å². The van der Waals surface area contributed by atoms with E-state index in [9.17, 15) is 4.79 Å². The van der Waals surface area contributed by atoms with Crippen molar-refractivity contribution in [3.8, 4) is 5.75 Å². The number of rotatable bonds is 2. The van der Waals surface area contributed by atoms with Crippen LogP contribution >= 0.6 is 0 Å². The third-order valence-electron chi connectivity index (χ3n) is 6.27. The average Bonchev–Trinajstić information content (AvgIpc) is 2.95. The second kappa shape index (κ2) is 5.36. The van der Waals surface area contributed by atoms with Crippen LogP contribution in [0.1, 0.15) is 18.9 Å². The Bertz CT molecular complexity index is 1020. The number of methoxy groups -OCH3 is 1. The number of hydrogen-bond acceptors (Lipinski definition) is 3. The van der Waals surface area contributed by atoms with Crippen molar-refractivity contribution < 1.29 is 4.74 Å². The number of fused-ring (bicyclic) bond motifs is 6. The number of ether oxygens (including phenoxy) is 1. The van der Waals surface area contributed by atoms with E-state index in [4.69, 9.17) is 4.74 Å². The van der Waals surface area contributed by atoms with Crippen LogP contribution in [0.2, 0.25) is 0 Å². The van der Waals surface area contributed by atoms with Gasteiger partial charge >= 0.3 is 0 Å². The smallest absolute Gasteiger partial charge is 0.260 e. The number of nitrogens with zero attached hydrogens (tertiary/aromatic N) is 3. The van der Waals surface area contributed by atoms with Gasteiger partial charge in [-0.25, -0.2) is 0 Å². The Kier molecular flexibility index (Phi) is 3.22. The summed E-state index contributed by atoms with van der Waals surface area (Å²) >= 11 is 0. The van der Waals surface area contributed by atoms with E-state index in [1.807, 2.05) is 36.0 Å². The minimum Gasteiger partial charge on any atom is -0.497 e. The maximum absolute atomic E-state index is 13.4. The maximum Gasteiger partial charge on any atom is 0.260 e. The lowest BCUT2D eigenvalue weighted by molar-refractivity contribution is 0.0556. The highest BCUT2D eigenvalue weighted by Gasteiger charge is 2.35. The lowest BCUT2D eigenvalue weighted by Crippen LogP contribution is -2.49. The normalized spacial score (nSPS) is 25.8. The number of aromatic nitrogens is 2.